The van der Waals surface area contributed by atoms with Gasteiger partial charge in [-0.1, -0.05) is 18.2 Å². The zero-order valence-corrected chi connectivity index (χ0v) is 19.0. The van der Waals surface area contributed by atoms with Gasteiger partial charge < -0.3 is 20.1 Å². The first-order valence-corrected chi connectivity index (χ1v) is 12.7. The normalized spacial score (nSPS) is 23.8. The minimum absolute atomic E-state index is 0.0481. The molecule has 1 unspecified atom stereocenters. The van der Waals surface area contributed by atoms with Crippen molar-refractivity contribution in [3.63, 3.8) is 0 Å². The summed E-state index contributed by atoms with van der Waals surface area (Å²) in [5.74, 6) is -0.419. The summed E-state index contributed by atoms with van der Waals surface area (Å²) < 4.78 is 39.1. The van der Waals surface area contributed by atoms with Crippen molar-refractivity contribution in [3.8, 4) is 0 Å². The third-order valence-corrected chi connectivity index (χ3v) is 8.81. The van der Waals surface area contributed by atoms with E-state index in [1.54, 1.807) is 27.0 Å². The molecular formula is C21H25N5O4S2. The van der Waals surface area contributed by atoms with Gasteiger partial charge in [-0.15, -0.1) is 0 Å². The van der Waals surface area contributed by atoms with Gasteiger partial charge in [-0.05, 0) is 31.1 Å². The number of sulfonamides is 1. The average molecular weight is 476 g/mol. The molecule has 5 rings (SSSR count). The Bertz CT molecular complexity index is 1110. The predicted octanol–water partition coefficient (Wildman–Crippen LogP) is 1.74. The molecule has 9 nitrogen and oxygen atoms in total. The van der Waals surface area contributed by atoms with Gasteiger partial charge in [0.2, 0.25) is 15.9 Å². The number of fused-ring (bicyclic) bond motifs is 2. The predicted molar refractivity (Wildman–Crippen MR) is 123 cm³/mol. The van der Waals surface area contributed by atoms with Crippen molar-refractivity contribution in [2.75, 3.05) is 18.0 Å². The number of ether oxygens (including phenoxy) is 1. The molecule has 1 fully saturated rings. The highest BCUT2D eigenvalue weighted by atomic mass is 32.2. The molecule has 0 radical (unpaired) electrons. The molecule has 4 aliphatic heterocycles. The smallest absolute Gasteiger partial charge is 0.245 e. The number of para-hydroxylation sites is 1. The standard InChI is InChI=1S/C21H25N5O4S2/c22-20(27)12-21-26(17-5-2-1-4-15(17)14-30-21)16-7-10-24(11-8-16)32(28,29)19-6-3-9-25-18(19)13-23-31-25/h1-6,9,13,16,21,23H,7-8,10-12,14H2,(H2,22,27). The molecule has 0 bridgehead atoms. The Hall–Kier alpha value is -2.47. The van der Waals surface area contributed by atoms with Gasteiger partial charge in [0.05, 0.1) is 30.9 Å². The van der Waals surface area contributed by atoms with Crippen LogP contribution in [-0.2, 0) is 26.2 Å². The summed E-state index contributed by atoms with van der Waals surface area (Å²) in [5, 5.41) is 0. The quantitative estimate of drug-likeness (QED) is 0.620. The molecule has 1 aromatic rings. The van der Waals surface area contributed by atoms with Gasteiger partial charge in [0.15, 0.2) is 0 Å². The number of nitrogens with one attached hydrogen (secondary N) is 1. The molecule has 0 aromatic heterocycles. The second-order valence-electron chi connectivity index (χ2n) is 8.04. The average Bonchev–Trinajstić information content (AvgIpc) is 3.27. The number of anilines is 1. The number of carbonyl (C=O) groups excluding carboxylic acids is 1. The largest absolute Gasteiger partial charge is 0.370 e. The van der Waals surface area contributed by atoms with E-state index in [1.807, 2.05) is 30.5 Å². The lowest BCUT2D eigenvalue weighted by Crippen LogP contribution is -2.53. The van der Waals surface area contributed by atoms with E-state index >= 15 is 0 Å². The van der Waals surface area contributed by atoms with E-state index in [-0.39, 0.29) is 12.5 Å². The van der Waals surface area contributed by atoms with E-state index in [0.29, 0.717) is 43.1 Å². The summed E-state index contributed by atoms with van der Waals surface area (Å²) in [5.41, 5.74) is 8.20. The molecule has 1 aromatic carbocycles. The summed E-state index contributed by atoms with van der Waals surface area (Å²) in [4.78, 5) is 14.1. The molecular weight excluding hydrogens is 450 g/mol. The molecule has 11 heteroatoms. The summed E-state index contributed by atoms with van der Waals surface area (Å²) in [6, 6.07) is 8.02. The maximum atomic E-state index is 13.4. The fourth-order valence-corrected chi connectivity index (χ4v) is 6.98. The van der Waals surface area contributed by atoms with Crippen LogP contribution in [0.3, 0.4) is 0 Å². The van der Waals surface area contributed by atoms with Gasteiger partial charge in [-0.2, -0.15) is 4.31 Å². The van der Waals surface area contributed by atoms with Gasteiger partial charge >= 0.3 is 0 Å². The molecule has 1 atom stereocenters. The topological polar surface area (TPSA) is 108 Å². The summed E-state index contributed by atoms with van der Waals surface area (Å²) >= 11 is 1.33. The van der Waals surface area contributed by atoms with Crippen LogP contribution in [0, 0.1) is 0 Å². The van der Waals surface area contributed by atoms with Gasteiger partial charge in [-0.25, -0.2) is 8.42 Å². The highest BCUT2D eigenvalue weighted by Crippen LogP contribution is 2.38. The van der Waals surface area contributed by atoms with Crippen LogP contribution >= 0.6 is 12.1 Å². The first kappa shape index (κ1) is 21.4. The van der Waals surface area contributed by atoms with Gasteiger partial charge in [0, 0.05) is 42.8 Å². The zero-order valence-electron chi connectivity index (χ0n) is 17.4. The zero-order chi connectivity index (χ0) is 22.3. The number of hydrogen-bond acceptors (Lipinski definition) is 8. The fourth-order valence-electron chi connectivity index (χ4n) is 4.62. The van der Waals surface area contributed by atoms with Crippen molar-refractivity contribution in [1.29, 1.82) is 0 Å². The second kappa shape index (κ2) is 8.47. The van der Waals surface area contributed by atoms with Crippen molar-refractivity contribution in [2.24, 2.45) is 5.73 Å². The Morgan fingerprint density at radius 3 is 2.81 bits per heavy atom. The number of allylic oxidation sites excluding steroid dienone is 2. The van der Waals surface area contributed by atoms with E-state index in [4.69, 9.17) is 10.5 Å². The van der Waals surface area contributed by atoms with Crippen molar-refractivity contribution in [1.82, 2.24) is 13.3 Å². The van der Waals surface area contributed by atoms with Crippen LogP contribution in [0.5, 0.6) is 0 Å². The van der Waals surface area contributed by atoms with Gasteiger partial charge in [0.25, 0.3) is 0 Å². The minimum Gasteiger partial charge on any atom is -0.370 e. The number of piperidine rings is 1. The van der Waals surface area contributed by atoms with Crippen LogP contribution < -0.4 is 15.4 Å². The third kappa shape index (κ3) is 3.79. The van der Waals surface area contributed by atoms with Crippen LogP contribution in [0.2, 0.25) is 0 Å². The Labute approximate surface area is 191 Å². The van der Waals surface area contributed by atoms with Crippen molar-refractivity contribution in [2.45, 2.75) is 38.1 Å². The van der Waals surface area contributed by atoms with E-state index in [2.05, 4.69) is 9.62 Å². The lowest BCUT2D eigenvalue weighted by atomic mass is 10.00. The molecule has 170 valence electrons. The number of nitrogens with zero attached hydrogens (tertiary/aromatic N) is 3. The number of benzene rings is 1. The maximum Gasteiger partial charge on any atom is 0.245 e. The Morgan fingerprint density at radius 2 is 2.03 bits per heavy atom. The van der Waals surface area contributed by atoms with Crippen molar-refractivity contribution in [3.05, 3.63) is 65.0 Å². The highest BCUT2D eigenvalue weighted by Gasteiger charge is 2.39. The Kier molecular flexibility index (Phi) is 5.66. The molecule has 1 saturated heterocycles. The van der Waals surface area contributed by atoms with Crippen LogP contribution in [0.1, 0.15) is 24.8 Å². The van der Waals surface area contributed by atoms with E-state index in [0.717, 1.165) is 11.3 Å². The lowest BCUT2D eigenvalue weighted by Gasteiger charge is -2.46. The van der Waals surface area contributed by atoms with Crippen LogP contribution in [0.15, 0.2) is 59.4 Å². The SMILES string of the molecule is NC(=O)CC1OCc2ccccc2N1C1CCN(S(=O)(=O)C2=CC=CN3SNC=C23)CC1. The number of hydrogen-bond donors (Lipinski definition) is 2. The maximum absolute atomic E-state index is 13.4. The Morgan fingerprint density at radius 1 is 1.25 bits per heavy atom. The molecule has 0 aliphatic carbocycles. The molecule has 1 amide bonds. The minimum atomic E-state index is -3.63. The number of primary amides is 1. The molecule has 4 aliphatic rings. The van der Waals surface area contributed by atoms with Crippen LogP contribution in [0.4, 0.5) is 5.69 Å². The first-order chi connectivity index (χ1) is 15.4. The van der Waals surface area contributed by atoms with Crippen molar-refractivity contribution >= 4 is 33.8 Å². The molecule has 0 saturated carbocycles. The molecule has 32 heavy (non-hydrogen) atoms. The molecule has 3 N–H and O–H groups in total. The molecule has 0 spiro atoms. The van der Waals surface area contributed by atoms with E-state index in [1.165, 1.54) is 12.1 Å². The third-order valence-electron chi connectivity index (χ3n) is 6.13. The monoisotopic (exact) mass is 475 g/mol. The van der Waals surface area contributed by atoms with E-state index in [9.17, 15) is 13.2 Å². The summed E-state index contributed by atoms with van der Waals surface area (Å²) in [6.45, 7) is 1.21. The number of rotatable bonds is 5. The lowest BCUT2D eigenvalue weighted by molar-refractivity contribution is -0.121. The van der Waals surface area contributed by atoms with Crippen LogP contribution in [-0.4, -0.2) is 48.3 Å². The number of carbonyl (C=O) groups is 1. The number of amides is 1. The van der Waals surface area contributed by atoms with Crippen LogP contribution in [0.25, 0.3) is 0 Å². The molecule has 4 heterocycles. The first-order valence-electron chi connectivity index (χ1n) is 10.5. The van der Waals surface area contributed by atoms with Crippen molar-refractivity contribution < 1.29 is 17.9 Å². The fraction of sp³-hybridized carbons (Fsp3) is 0.381. The van der Waals surface area contributed by atoms with Gasteiger partial charge in [-0.3, -0.25) is 9.10 Å². The summed E-state index contributed by atoms with van der Waals surface area (Å²) in [7, 11) is -3.63. The summed E-state index contributed by atoms with van der Waals surface area (Å²) in [6.07, 6.45) is 7.84. The Balaban J connectivity index is 1.35. The van der Waals surface area contributed by atoms with Gasteiger partial charge in [0.1, 0.15) is 11.1 Å². The highest BCUT2D eigenvalue weighted by molar-refractivity contribution is 7.96. The van der Waals surface area contributed by atoms with E-state index < -0.39 is 22.2 Å². The second-order valence-corrected chi connectivity index (χ2v) is 10.8. The number of nitrogens with two attached hydrogens (primary N) is 1.